The van der Waals surface area contributed by atoms with Crippen molar-refractivity contribution in [2.24, 2.45) is 5.92 Å². The summed E-state index contributed by atoms with van der Waals surface area (Å²) in [6.45, 7) is 8.30. The molecule has 2 aromatic carbocycles. The summed E-state index contributed by atoms with van der Waals surface area (Å²) in [7, 11) is -4.09. The van der Waals surface area contributed by atoms with Crippen LogP contribution in [0, 0.1) is 12.8 Å². The van der Waals surface area contributed by atoms with Crippen molar-refractivity contribution in [1.82, 2.24) is 18.8 Å². The van der Waals surface area contributed by atoms with E-state index in [0.717, 1.165) is 15.6 Å². The van der Waals surface area contributed by atoms with E-state index in [0.29, 0.717) is 32.4 Å². The molecular formula is C32H34ClF3N4O5S. The maximum absolute atomic E-state index is 14.3. The molecule has 0 unspecified atom stereocenters. The molecular weight excluding hydrogens is 645 g/mol. The molecule has 2 aromatic heterocycles. The zero-order chi connectivity index (χ0) is 33.4. The van der Waals surface area contributed by atoms with E-state index in [9.17, 15) is 26.4 Å². The second kappa shape index (κ2) is 12.7. The zero-order valence-corrected chi connectivity index (χ0v) is 27.3. The highest BCUT2D eigenvalue weighted by molar-refractivity contribution is 7.90. The van der Waals surface area contributed by atoms with Gasteiger partial charge in [-0.25, -0.2) is 22.2 Å². The van der Waals surface area contributed by atoms with Crippen LogP contribution in [0.1, 0.15) is 51.2 Å². The van der Waals surface area contributed by atoms with Crippen LogP contribution in [-0.2, 0) is 20.9 Å². The Labute approximate surface area is 270 Å². The van der Waals surface area contributed by atoms with Crippen molar-refractivity contribution in [2.45, 2.75) is 63.6 Å². The smallest absolute Gasteiger partial charge is 0.419 e. The summed E-state index contributed by atoms with van der Waals surface area (Å²) < 4.78 is 81.6. The van der Waals surface area contributed by atoms with Crippen LogP contribution in [0.5, 0.6) is 5.75 Å². The average molecular weight is 679 g/mol. The van der Waals surface area contributed by atoms with E-state index < -0.39 is 27.4 Å². The van der Waals surface area contributed by atoms with Gasteiger partial charge in [0.2, 0.25) is 5.28 Å². The van der Waals surface area contributed by atoms with Gasteiger partial charge in [0.1, 0.15) is 11.4 Å². The number of halogens is 4. The first-order valence-corrected chi connectivity index (χ1v) is 16.5. The number of likely N-dealkylation sites (tertiary alicyclic amines) is 1. The first-order chi connectivity index (χ1) is 21.5. The van der Waals surface area contributed by atoms with Crippen molar-refractivity contribution in [3.63, 3.8) is 0 Å². The average Bonchev–Trinajstić information content (AvgIpc) is 3.41. The number of ether oxygens (including phenoxy) is 2. The lowest BCUT2D eigenvalue weighted by Gasteiger charge is -2.33. The lowest BCUT2D eigenvalue weighted by Crippen LogP contribution is -2.41. The normalized spacial score (nSPS) is 14.9. The van der Waals surface area contributed by atoms with Gasteiger partial charge in [0.25, 0.3) is 10.0 Å². The number of rotatable bonds is 7. The van der Waals surface area contributed by atoms with Crippen molar-refractivity contribution in [3.05, 3.63) is 71.1 Å². The topological polar surface area (TPSA) is 104 Å². The second-order valence-electron chi connectivity index (χ2n) is 12.3. The standard InChI is InChI=1S/C32H34ClF3N4O5S/c1-20-5-8-23(9-6-20)46(42,43)40-17-13-24-27(37-29(33)38-28(24)40)22-7-10-26(25(19-22)32(34,35)36)44-18-14-21-11-15-39(16-12-21)30(41)45-31(2,3)4/h5-10,13,17,19,21H,11-12,14-16,18H2,1-4H3. The minimum Gasteiger partial charge on any atom is -0.493 e. The summed E-state index contributed by atoms with van der Waals surface area (Å²) >= 11 is 6.17. The van der Waals surface area contributed by atoms with Crippen LogP contribution in [-0.4, -0.2) is 58.6 Å². The predicted octanol–water partition coefficient (Wildman–Crippen LogP) is 7.73. The van der Waals surface area contributed by atoms with Gasteiger partial charge in [-0.1, -0.05) is 17.7 Å². The summed E-state index contributed by atoms with van der Waals surface area (Å²) in [4.78, 5) is 22.2. The van der Waals surface area contributed by atoms with Gasteiger partial charge in [0, 0.05) is 30.2 Å². The molecule has 1 fully saturated rings. The predicted molar refractivity (Wildman–Crippen MR) is 167 cm³/mol. The summed E-state index contributed by atoms with van der Waals surface area (Å²) in [6.07, 6.45) is -1.94. The largest absolute Gasteiger partial charge is 0.493 e. The number of benzene rings is 2. The lowest BCUT2D eigenvalue weighted by atomic mass is 9.94. The van der Waals surface area contributed by atoms with Crippen LogP contribution in [0.15, 0.2) is 59.6 Å². The fraction of sp³-hybridized carbons (Fsp3) is 0.406. The molecule has 1 aliphatic heterocycles. The Bertz CT molecular complexity index is 1850. The van der Waals surface area contributed by atoms with Crippen molar-refractivity contribution in [2.75, 3.05) is 19.7 Å². The minimum absolute atomic E-state index is 0.0151. The first kappa shape index (κ1) is 33.5. The highest BCUT2D eigenvalue weighted by atomic mass is 35.5. The number of alkyl halides is 3. The van der Waals surface area contributed by atoms with Crippen molar-refractivity contribution < 1.29 is 35.9 Å². The number of fused-ring (bicyclic) bond motifs is 1. The van der Waals surface area contributed by atoms with E-state index in [-0.39, 0.29) is 56.8 Å². The SMILES string of the molecule is Cc1ccc(S(=O)(=O)n2ccc3c(-c4ccc(OCCC5CCN(C(=O)OC(C)(C)C)CC5)c(C(F)(F)F)c4)nc(Cl)nc32)cc1. The van der Waals surface area contributed by atoms with Gasteiger partial charge < -0.3 is 14.4 Å². The van der Waals surface area contributed by atoms with Crippen LogP contribution >= 0.6 is 11.6 Å². The molecule has 9 nitrogen and oxygen atoms in total. The van der Waals surface area contributed by atoms with Gasteiger partial charge in [-0.05, 0) is 101 Å². The minimum atomic E-state index is -4.75. The number of hydrogen-bond donors (Lipinski definition) is 0. The fourth-order valence-corrected chi connectivity index (χ4v) is 6.75. The molecule has 0 saturated carbocycles. The molecule has 1 saturated heterocycles. The number of carbonyl (C=O) groups excluding carboxylic acids is 1. The molecule has 246 valence electrons. The molecule has 0 radical (unpaired) electrons. The summed E-state index contributed by atoms with van der Waals surface area (Å²) in [5.41, 5.74) is -0.679. The Kier molecular flexibility index (Phi) is 9.29. The van der Waals surface area contributed by atoms with E-state index in [1.807, 2.05) is 6.92 Å². The van der Waals surface area contributed by atoms with E-state index in [2.05, 4.69) is 9.97 Å². The number of piperidine rings is 1. The molecule has 1 aliphatic rings. The molecule has 0 atom stereocenters. The zero-order valence-electron chi connectivity index (χ0n) is 25.8. The molecule has 1 amide bonds. The van der Waals surface area contributed by atoms with Crippen molar-refractivity contribution in [3.8, 4) is 17.0 Å². The molecule has 46 heavy (non-hydrogen) atoms. The van der Waals surface area contributed by atoms with Crippen LogP contribution in [0.25, 0.3) is 22.3 Å². The number of carbonyl (C=O) groups is 1. The van der Waals surface area contributed by atoms with Crippen molar-refractivity contribution >= 4 is 38.8 Å². The van der Waals surface area contributed by atoms with Gasteiger partial charge in [-0.3, -0.25) is 0 Å². The summed E-state index contributed by atoms with van der Waals surface area (Å²) in [6, 6.07) is 11.2. The molecule has 0 aliphatic carbocycles. The van der Waals surface area contributed by atoms with Gasteiger partial charge in [-0.15, -0.1) is 0 Å². The van der Waals surface area contributed by atoms with Crippen LogP contribution in [0.2, 0.25) is 5.28 Å². The maximum Gasteiger partial charge on any atom is 0.419 e. The summed E-state index contributed by atoms with van der Waals surface area (Å²) in [5, 5.41) is -0.118. The number of aromatic nitrogens is 3. The molecule has 0 bridgehead atoms. The highest BCUT2D eigenvalue weighted by Gasteiger charge is 2.35. The lowest BCUT2D eigenvalue weighted by molar-refractivity contribution is -0.138. The Hall–Kier alpha value is -3.84. The third kappa shape index (κ3) is 7.41. The Morgan fingerprint density at radius 1 is 1.02 bits per heavy atom. The van der Waals surface area contributed by atoms with Gasteiger partial charge in [0.05, 0.1) is 22.8 Å². The van der Waals surface area contributed by atoms with E-state index in [4.69, 9.17) is 21.1 Å². The molecule has 3 heterocycles. The van der Waals surface area contributed by atoms with Crippen molar-refractivity contribution in [1.29, 1.82) is 0 Å². The van der Waals surface area contributed by atoms with E-state index in [1.54, 1.807) is 37.8 Å². The molecule has 0 spiro atoms. The van der Waals surface area contributed by atoms with Gasteiger partial charge in [0.15, 0.2) is 5.65 Å². The fourth-order valence-electron chi connectivity index (χ4n) is 5.29. The monoisotopic (exact) mass is 678 g/mol. The third-order valence-corrected chi connectivity index (χ3v) is 9.52. The molecule has 14 heteroatoms. The number of aryl methyl sites for hydroxylation is 1. The van der Waals surface area contributed by atoms with E-state index >= 15 is 0 Å². The van der Waals surface area contributed by atoms with Crippen LogP contribution in [0.3, 0.4) is 0 Å². The first-order valence-electron chi connectivity index (χ1n) is 14.7. The number of hydrogen-bond acceptors (Lipinski definition) is 7. The molecule has 0 N–H and O–H groups in total. The number of nitrogens with zero attached hydrogens (tertiary/aromatic N) is 4. The highest BCUT2D eigenvalue weighted by Crippen LogP contribution is 2.40. The van der Waals surface area contributed by atoms with Crippen LogP contribution in [0.4, 0.5) is 18.0 Å². The maximum atomic E-state index is 14.3. The molecule has 5 rings (SSSR count). The van der Waals surface area contributed by atoms with Gasteiger partial charge in [-0.2, -0.15) is 18.2 Å². The Morgan fingerprint density at radius 3 is 2.33 bits per heavy atom. The van der Waals surface area contributed by atoms with Gasteiger partial charge >= 0.3 is 12.3 Å². The number of amides is 1. The summed E-state index contributed by atoms with van der Waals surface area (Å²) in [5.74, 6) is -0.151. The Morgan fingerprint density at radius 2 is 1.70 bits per heavy atom. The quantitative estimate of drug-likeness (QED) is 0.184. The molecule has 4 aromatic rings. The Balaban J connectivity index is 1.35. The second-order valence-corrected chi connectivity index (χ2v) is 14.4. The van der Waals surface area contributed by atoms with Crippen LogP contribution < -0.4 is 4.74 Å². The van der Waals surface area contributed by atoms with E-state index in [1.165, 1.54) is 36.5 Å². The third-order valence-electron chi connectivity index (χ3n) is 7.67.